The Kier molecular flexibility index (Phi) is 6.55. The summed E-state index contributed by atoms with van der Waals surface area (Å²) in [5.41, 5.74) is 6.87. The van der Waals surface area contributed by atoms with Gasteiger partial charge < -0.3 is 20.5 Å². The molecule has 0 aliphatic carbocycles. The van der Waals surface area contributed by atoms with E-state index >= 15 is 0 Å². The number of rotatable bonds is 6. The lowest BCUT2D eigenvalue weighted by molar-refractivity contribution is -0.119. The number of benzene rings is 2. The third kappa shape index (κ3) is 5.00. The molecule has 1 aliphatic rings. The molecule has 0 saturated carbocycles. The fraction of sp³-hybridized carbons (Fsp3) is 0.350. The highest BCUT2D eigenvalue weighted by Gasteiger charge is 2.26. The highest BCUT2D eigenvalue weighted by atomic mass is 32.2. The molecule has 1 aliphatic heterocycles. The lowest BCUT2D eigenvalue weighted by Gasteiger charge is -2.26. The average molecular weight is 372 g/mol. The lowest BCUT2D eigenvalue weighted by Crippen LogP contribution is -2.43. The van der Waals surface area contributed by atoms with Crippen LogP contribution < -0.4 is 15.8 Å². The van der Waals surface area contributed by atoms with Crippen molar-refractivity contribution < 1.29 is 14.3 Å². The zero-order chi connectivity index (χ0) is 18.4. The van der Waals surface area contributed by atoms with E-state index in [2.05, 4.69) is 5.32 Å². The highest BCUT2D eigenvalue weighted by molar-refractivity contribution is 7.99. The minimum Gasteiger partial charge on any atom is -0.497 e. The Hall–Kier alpha value is -2.02. The van der Waals surface area contributed by atoms with Crippen LogP contribution >= 0.6 is 11.8 Å². The van der Waals surface area contributed by atoms with Gasteiger partial charge in [0.15, 0.2) is 0 Å². The predicted octanol–water partition coefficient (Wildman–Crippen LogP) is 3.54. The van der Waals surface area contributed by atoms with E-state index < -0.39 is 6.04 Å². The molecule has 0 spiro atoms. The van der Waals surface area contributed by atoms with E-state index in [1.807, 2.05) is 48.5 Å². The topological polar surface area (TPSA) is 73.6 Å². The largest absolute Gasteiger partial charge is 0.497 e. The predicted molar refractivity (Wildman–Crippen MR) is 104 cm³/mol. The van der Waals surface area contributed by atoms with Crippen molar-refractivity contribution in [2.45, 2.75) is 28.7 Å². The Morgan fingerprint density at radius 2 is 1.69 bits per heavy atom. The molecule has 1 amide bonds. The van der Waals surface area contributed by atoms with Gasteiger partial charge in [0, 0.05) is 28.7 Å². The van der Waals surface area contributed by atoms with Crippen molar-refractivity contribution in [3.63, 3.8) is 0 Å². The fourth-order valence-electron chi connectivity index (χ4n) is 2.90. The molecule has 2 aromatic carbocycles. The summed E-state index contributed by atoms with van der Waals surface area (Å²) >= 11 is 1.66. The third-order valence-electron chi connectivity index (χ3n) is 4.49. The van der Waals surface area contributed by atoms with Gasteiger partial charge in [-0.2, -0.15) is 0 Å². The molecule has 1 atom stereocenters. The zero-order valence-electron chi connectivity index (χ0n) is 14.8. The number of hydrogen-bond acceptors (Lipinski definition) is 5. The molecule has 26 heavy (non-hydrogen) atoms. The van der Waals surface area contributed by atoms with Crippen LogP contribution in [0.3, 0.4) is 0 Å². The van der Waals surface area contributed by atoms with Gasteiger partial charge in [0.25, 0.3) is 0 Å². The van der Waals surface area contributed by atoms with Gasteiger partial charge >= 0.3 is 0 Å². The van der Waals surface area contributed by atoms with Crippen LogP contribution in [0.5, 0.6) is 5.75 Å². The molecule has 3 N–H and O–H groups in total. The van der Waals surface area contributed by atoms with Crippen LogP contribution in [0.2, 0.25) is 0 Å². The summed E-state index contributed by atoms with van der Waals surface area (Å²) in [5.74, 6) is 0.898. The minimum atomic E-state index is -0.493. The first-order valence-electron chi connectivity index (χ1n) is 8.72. The van der Waals surface area contributed by atoms with Gasteiger partial charge in [0.05, 0.1) is 13.2 Å². The normalized spacial score (nSPS) is 16.1. The summed E-state index contributed by atoms with van der Waals surface area (Å²) in [4.78, 5) is 14.6. The Balaban J connectivity index is 1.55. The maximum absolute atomic E-state index is 12.4. The molecule has 5 nitrogen and oxygen atoms in total. The number of hydrogen-bond donors (Lipinski definition) is 2. The number of nitrogens with two attached hydrogens (primary N) is 1. The van der Waals surface area contributed by atoms with Crippen molar-refractivity contribution in [2.75, 3.05) is 25.6 Å². The second-order valence-electron chi connectivity index (χ2n) is 6.27. The SMILES string of the molecule is COc1ccc(Sc2ccc(NC(=O)C(N)C3CCOCC3)cc2)cc1. The van der Waals surface area contributed by atoms with Gasteiger partial charge in [-0.05, 0) is 67.3 Å². The van der Waals surface area contributed by atoms with Gasteiger partial charge in [-0.3, -0.25) is 4.79 Å². The van der Waals surface area contributed by atoms with Gasteiger partial charge in [-0.25, -0.2) is 0 Å². The summed E-state index contributed by atoms with van der Waals surface area (Å²) in [6, 6.07) is 15.2. The zero-order valence-corrected chi connectivity index (χ0v) is 15.6. The molecule has 0 bridgehead atoms. The number of carbonyl (C=O) groups excluding carboxylic acids is 1. The lowest BCUT2D eigenvalue weighted by atomic mass is 9.92. The molecule has 0 radical (unpaired) electrons. The number of ether oxygens (including phenoxy) is 2. The number of amides is 1. The second kappa shape index (κ2) is 9.07. The van der Waals surface area contributed by atoms with Gasteiger partial charge in [-0.1, -0.05) is 11.8 Å². The van der Waals surface area contributed by atoms with E-state index in [9.17, 15) is 4.79 Å². The molecule has 2 aromatic rings. The molecule has 1 saturated heterocycles. The molecule has 138 valence electrons. The summed E-state index contributed by atoms with van der Waals surface area (Å²) < 4.78 is 10.5. The van der Waals surface area contributed by atoms with Crippen molar-refractivity contribution in [1.82, 2.24) is 0 Å². The van der Waals surface area contributed by atoms with E-state index in [-0.39, 0.29) is 11.8 Å². The Morgan fingerprint density at radius 3 is 2.27 bits per heavy atom. The van der Waals surface area contributed by atoms with Gasteiger partial charge in [-0.15, -0.1) is 0 Å². The van der Waals surface area contributed by atoms with Crippen LogP contribution in [-0.2, 0) is 9.53 Å². The van der Waals surface area contributed by atoms with Crippen molar-refractivity contribution in [3.05, 3.63) is 48.5 Å². The average Bonchev–Trinajstić information content (AvgIpc) is 2.70. The molecule has 1 unspecified atom stereocenters. The van der Waals surface area contributed by atoms with Crippen molar-refractivity contribution >= 4 is 23.4 Å². The molecular formula is C20H24N2O3S. The standard InChI is InChI=1S/C20H24N2O3S/c1-24-16-4-8-18(9-5-16)26-17-6-2-15(3-7-17)22-20(23)19(21)14-10-12-25-13-11-14/h2-9,14,19H,10-13,21H2,1H3,(H,22,23). The van der Waals surface area contributed by atoms with E-state index in [4.69, 9.17) is 15.2 Å². The summed E-state index contributed by atoms with van der Waals surface area (Å²) in [6.45, 7) is 1.37. The molecule has 0 aromatic heterocycles. The van der Waals surface area contributed by atoms with Crippen LogP contribution in [0.1, 0.15) is 12.8 Å². The Morgan fingerprint density at radius 1 is 1.12 bits per heavy atom. The van der Waals surface area contributed by atoms with Crippen molar-refractivity contribution in [3.8, 4) is 5.75 Å². The van der Waals surface area contributed by atoms with Gasteiger partial charge in [0.1, 0.15) is 5.75 Å². The van der Waals surface area contributed by atoms with Crippen molar-refractivity contribution in [1.29, 1.82) is 0 Å². The number of carbonyl (C=O) groups is 1. The van der Waals surface area contributed by atoms with E-state index in [1.54, 1.807) is 18.9 Å². The van der Waals surface area contributed by atoms with Gasteiger partial charge in [0.2, 0.25) is 5.91 Å². The van der Waals surface area contributed by atoms with E-state index in [1.165, 1.54) is 0 Å². The van der Waals surface area contributed by atoms with Crippen LogP contribution in [0, 0.1) is 5.92 Å². The first-order valence-corrected chi connectivity index (χ1v) is 9.53. The first-order chi connectivity index (χ1) is 12.7. The van der Waals surface area contributed by atoms with E-state index in [0.717, 1.165) is 34.1 Å². The maximum Gasteiger partial charge on any atom is 0.241 e. The molecular weight excluding hydrogens is 348 g/mol. The van der Waals surface area contributed by atoms with Crippen LogP contribution in [-0.4, -0.2) is 32.3 Å². The maximum atomic E-state index is 12.4. The van der Waals surface area contributed by atoms with Crippen LogP contribution in [0.4, 0.5) is 5.69 Å². The monoisotopic (exact) mass is 372 g/mol. The Labute approximate surface area is 158 Å². The molecule has 1 heterocycles. The second-order valence-corrected chi connectivity index (χ2v) is 7.41. The number of anilines is 1. The molecule has 6 heteroatoms. The summed E-state index contributed by atoms with van der Waals surface area (Å²) in [7, 11) is 1.66. The van der Waals surface area contributed by atoms with Crippen LogP contribution in [0.15, 0.2) is 58.3 Å². The highest BCUT2D eigenvalue weighted by Crippen LogP contribution is 2.30. The Bertz CT molecular complexity index is 713. The number of nitrogens with one attached hydrogen (secondary N) is 1. The minimum absolute atomic E-state index is 0.132. The number of methoxy groups -OCH3 is 1. The smallest absolute Gasteiger partial charge is 0.241 e. The summed E-state index contributed by atoms with van der Waals surface area (Å²) in [6.07, 6.45) is 1.68. The summed E-state index contributed by atoms with van der Waals surface area (Å²) in [5, 5.41) is 2.91. The first kappa shape index (κ1) is 18.8. The quantitative estimate of drug-likeness (QED) is 0.811. The van der Waals surface area contributed by atoms with E-state index in [0.29, 0.717) is 13.2 Å². The van der Waals surface area contributed by atoms with Crippen LogP contribution in [0.25, 0.3) is 0 Å². The third-order valence-corrected chi connectivity index (χ3v) is 5.51. The fourth-order valence-corrected chi connectivity index (χ4v) is 3.72. The van der Waals surface area contributed by atoms with Crippen molar-refractivity contribution in [2.24, 2.45) is 11.7 Å². The molecule has 3 rings (SSSR count). The molecule has 1 fully saturated rings.